The Labute approximate surface area is 179 Å². The summed E-state index contributed by atoms with van der Waals surface area (Å²) < 4.78 is 0. The van der Waals surface area contributed by atoms with Crippen LogP contribution in [0.5, 0.6) is 0 Å². The first-order chi connectivity index (χ1) is 14.7. The molecule has 30 heavy (non-hydrogen) atoms. The second kappa shape index (κ2) is 9.63. The fourth-order valence-electron chi connectivity index (χ4n) is 3.49. The van der Waals surface area contributed by atoms with E-state index in [1.165, 1.54) is 34.6 Å². The van der Waals surface area contributed by atoms with E-state index < -0.39 is 0 Å². The molecule has 1 aliphatic carbocycles. The number of fused-ring (bicyclic) bond motifs is 1. The van der Waals surface area contributed by atoms with E-state index in [0.717, 1.165) is 25.7 Å². The molecule has 2 aromatic heterocycles. The lowest BCUT2D eigenvalue weighted by molar-refractivity contribution is 0.0951. The van der Waals surface area contributed by atoms with Gasteiger partial charge in [0.15, 0.2) is 0 Å². The van der Waals surface area contributed by atoms with Crippen molar-refractivity contribution < 1.29 is 9.59 Å². The fraction of sp³-hybridized carbons (Fsp3) is 0.304. The van der Waals surface area contributed by atoms with Crippen molar-refractivity contribution in [3.63, 3.8) is 0 Å². The van der Waals surface area contributed by atoms with Crippen molar-refractivity contribution in [3.8, 4) is 0 Å². The molecular weight excluding hydrogens is 396 g/mol. The van der Waals surface area contributed by atoms with Crippen LogP contribution in [0.3, 0.4) is 0 Å². The van der Waals surface area contributed by atoms with Crippen molar-refractivity contribution in [2.45, 2.75) is 38.5 Å². The van der Waals surface area contributed by atoms with Crippen molar-refractivity contribution in [3.05, 3.63) is 75.5 Å². The van der Waals surface area contributed by atoms with E-state index in [1.54, 1.807) is 42.6 Å². The minimum atomic E-state index is -0.258. The van der Waals surface area contributed by atoms with Gasteiger partial charge < -0.3 is 10.6 Å². The SMILES string of the molecule is O=C(NCCCc1nc2c(s1)CCCC2)c1cccc(NC(=O)c2cccnc2)c1. The number of amides is 2. The smallest absolute Gasteiger partial charge is 0.257 e. The second-order valence-electron chi connectivity index (χ2n) is 7.32. The van der Waals surface area contributed by atoms with Crippen LogP contribution in [0, 0.1) is 0 Å². The predicted octanol–water partition coefficient (Wildman–Crippen LogP) is 4.03. The van der Waals surface area contributed by atoms with Crippen molar-refractivity contribution in [2.24, 2.45) is 0 Å². The Morgan fingerprint density at radius 1 is 1.03 bits per heavy atom. The Hall–Kier alpha value is -3.06. The van der Waals surface area contributed by atoms with Crippen LogP contribution in [0.25, 0.3) is 0 Å². The minimum Gasteiger partial charge on any atom is -0.352 e. The Kier molecular flexibility index (Phi) is 6.49. The number of carbonyl (C=O) groups is 2. The summed E-state index contributed by atoms with van der Waals surface area (Å²) in [6, 6.07) is 10.3. The molecule has 154 valence electrons. The maximum absolute atomic E-state index is 12.5. The Morgan fingerprint density at radius 3 is 2.73 bits per heavy atom. The molecule has 1 aliphatic rings. The number of benzene rings is 1. The number of aromatic nitrogens is 2. The average Bonchev–Trinajstić information content (AvgIpc) is 3.20. The molecule has 6 nitrogen and oxygen atoms in total. The summed E-state index contributed by atoms with van der Waals surface area (Å²) in [6.07, 6.45) is 9.65. The van der Waals surface area contributed by atoms with Gasteiger partial charge in [-0.05, 0) is 62.4 Å². The number of nitrogens with zero attached hydrogens (tertiary/aromatic N) is 2. The molecule has 7 heteroatoms. The van der Waals surface area contributed by atoms with Gasteiger partial charge >= 0.3 is 0 Å². The van der Waals surface area contributed by atoms with E-state index in [2.05, 4.69) is 15.6 Å². The van der Waals surface area contributed by atoms with E-state index >= 15 is 0 Å². The van der Waals surface area contributed by atoms with Gasteiger partial charge in [-0.2, -0.15) is 0 Å². The predicted molar refractivity (Wildman–Crippen MR) is 118 cm³/mol. The highest BCUT2D eigenvalue weighted by molar-refractivity contribution is 7.11. The molecule has 0 radical (unpaired) electrons. The first-order valence-electron chi connectivity index (χ1n) is 10.3. The zero-order chi connectivity index (χ0) is 20.8. The Bertz CT molecular complexity index is 1010. The third-order valence-corrected chi connectivity index (χ3v) is 6.27. The summed E-state index contributed by atoms with van der Waals surface area (Å²) >= 11 is 1.83. The van der Waals surface area contributed by atoms with Gasteiger partial charge in [0.1, 0.15) is 0 Å². The van der Waals surface area contributed by atoms with Crippen LogP contribution in [0.15, 0.2) is 48.8 Å². The summed E-state index contributed by atoms with van der Waals surface area (Å²) in [4.78, 5) is 34.9. The van der Waals surface area contributed by atoms with Crippen LogP contribution >= 0.6 is 11.3 Å². The molecular formula is C23H24N4O2S. The number of thiazole rings is 1. The molecule has 0 atom stereocenters. The van der Waals surface area contributed by atoms with Crippen LogP contribution in [0.2, 0.25) is 0 Å². The fourth-order valence-corrected chi connectivity index (χ4v) is 4.69. The number of nitrogens with one attached hydrogen (secondary N) is 2. The van der Waals surface area contributed by atoms with Crippen molar-refractivity contribution in [1.29, 1.82) is 0 Å². The van der Waals surface area contributed by atoms with Gasteiger partial charge in [-0.3, -0.25) is 14.6 Å². The van der Waals surface area contributed by atoms with E-state index in [4.69, 9.17) is 4.98 Å². The number of pyridine rings is 1. The van der Waals surface area contributed by atoms with E-state index in [0.29, 0.717) is 23.4 Å². The number of hydrogen-bond donors (Lipinski definition) is 2. The molecule has 0 bridgehead atoms. The summed E-state index contributed by atoms with van der Waals surface area (Å²) in [7, 11) is 0. The number of anilines is 1. The molecule has 1 aromatic carbocycles. The lowest BCUT2D eigenvalue weighted by atomic mass is 10.0. The standard InChI is InChI=1S/C23H24N4O2S/c28-22(25-13-5-11-21-27-19-9-1-2-10-20(19)30-21)16-6-3-8-18(14-16)26-23(29)17-7-4-12-24-15-17/h3-4,6-8,12,14-15H,1-2,5,9-11,13H2,(H,25,28)(H,26,29). The van der Waals surface area contributed by atoms with Crippen LogP contribution < -0.4 is 10.6 Å². The highest BCUT2D eigenvalue weighted by Gasteiger charge is 2.15. The molecule has 2 N–H and O–H groups in total. The lowest BCUT2D eigenvalue weighted by Gasteiger charge is -2.08. The first-order valence-corrected chi connectivity index (χ1v) is 11.1. The Morgan fingerprint density at radius 2 is 1.90 bits per heavy atom. The van der Waals surface area contributed by atoms with E-state index in [1.807, 2.05) is 11.3 Å². The van der Waals surface area contributed by atoms with E-state index in [-0.39, 0.29) is 11.8 Å². The first kappa shape index (κ1) is 20.2. The van der Waals surface area contributed by atoms with Gasteiger partial charge in [0.2, 0.25) is 0 Å². The number of carbonyl (C=O) groups excluding carboxylic acids is 2. The molecule has 0 spiro atoms. The zero-order valence-corrected chi connectivity index (χ0v) is 17.5. The molecule has 2 heterocycles. The van der Waals surface area contributed by atoms with Crippen molar-refractivity contribution in [1.82, 2.24) is 15.3 Å². The van der Waals surface area contributed by atoms with Gasteiger partial charge in [0.25, 0.3) is 11.8 Å². The van der Waals surface area contributed by atoms with Crippen LogP contribution in [0.4, 0.5) is 5.69 Å². The normalized spacial score (nSPS) is 12.8. The topological polar surface area (TPSA) is 84.0 Å². The van der Waals surface area contributed by atoms with Gasteiger partial charge in [-0.25, -0.2) is 4.98 Å². The lowest BCUT2D eigenvalue weighted by Crippen LogP contribution is -2.25. The van der Waals surface area contributed by atoms with Crippen molar-refractivity contribution >= 4 is 28.8 Å². The maximum atomic E-state index is 12.5. The summed E-state index contributed by atoms with van der Waals surface area (Å²) in [5.74, 6) is -0.405. The molecule has 0 unspecified atom stereocenters. The summed E-state index contributed by atoms with van der Waals surface area (Å²) in [5.41, 5.74) is 2.85. The van der Waals surface area contributed by atoms with Crippen molar-refractivity contribution in [2.75, 3.05) is 11.9 Å². The minimum absolute atomic E-state index is 0.147. The monoisotopic (exact) mass is 420 g/mol. The zero-order valence-electron chi connectivity index (χ0n) is 16.7. The molecule has 2 amide bonds. The third-order valence-electron chi connectivity index (χ3n) is 5.05. The van der Waals surface area contributed by atoms with Gasteiger partial charge in [-0.1, -0.05) is 6.07 Å². The molecule has 4 rings (SSSR count). The number of rotatable bonds is 7. The molecule has 0 saturated heterocycles. The van der Waals surface area contributed by atoms with Gasteiger partial charge in [0.05, 0.1) is 16.3 Å². The van der Waals surface area contributed by atoms with Gasteiger partial charge in [-0.15, -0.1) is 11.3 Å². The largest absolute Gasteiger partial charge is 0.352 e. The highest BCUT2D eigenvalue weighted by Crippen LogP contribution is 2.27. The van der Waals surface area contributed by atoms with Crippen LogP contribution in [0.1, 0.15) is 55.6 Å². The summed E-state index contributed by atoms with van der Waals surface area (Å²) in [6.45, 7) is 0.593. The molecule has 0 aliphatic heterocycles. The van der Waals surface area contributed by atoms with Gasteiger partial charge in [0, 0.05) is 41.5 Å². The quantitative estimate of drug-likeness (QED) is 0.565. The number of hydrogen-bond acceptors (Lipinski definition) is 5. The van der Waals surface area contributed by atoms with Crippen LogP contribution in [-0.4, -0.2) is 28.3 Å². The Balaban J connectivity index is 1.27. The summed E-state index contributed by atoms with van der Waals surface area (Å²) in [5, 5.41) is 6.94. The van der Waals surface area contributed by atoms with Crippen LogP contribution in [-0.2, 0) is 19.3 Å². The molecule has 0 saturated carbocycles. The third kappa shape index (κ3) is 5.10. The molecule has 0 fully saturated rings. The maximum Gasteiger partial charge on any atom is 0.257 e. The van der Waals surface area contributed by atoms with E-state index in [9.17, 15) is 9.59 Å². The number of aryl methyl sites for hydroxylation is 3. The second-order valence-corrected chi connectivity index (χ2v) is 8.49. The average molecular weight is 421 g/mol. The highest BCUT2D eigenvalue weighted by atomic mass is 32.1. The molecule has 3 aromatic rings.